The summed E-state index contributed by atoms with van der Waals surface area (Å²) in [5, 5.41) is 36.8. The molecular weight excluding hydrogens is 376 g/mol. The lowest BCUT2D eigenvalue weighted by atomic mass is 10.0. The zero-order valence-electron chi connectivity index (χ0n) is 18.1. The van der Waals surface area contributed by atoms with Gasteiger partial charge in [-0.1, -0.05) is 84.0 Å². The fourth-order valence-corrected chi connectivity index (χ4v) is 3.11. The van der Waals surface area contributed by atoms with E-state index < -0.39 is 43.3 Å². The van der Waals surface area contributed by atoms with Crippen LogP contribution in [-0.2, 0) is 14.3 Å². The molecule has 3 atom stereocenters. The van der Waals surface area contributed by atoms with Crippen LogP contribution < -0.4 is 0 Å². The number of unbranched alkanes of at least 4 members (excludes halogenated alkanes) is 12. The van der Waals surface area contributed by atoms with Crippen LogP contribution in [0.15, 0.2) is 0 Å². The zero-order valence-corrected chi connectivity index (χ0v) is 18.1. The van der Waals surface area contributed by atoms with Crippen LogP contribution >= 0.6 is 0 Å². The van der Waals surface area contributed by atoms with Gasteiger partial charge in [0.2, 0.25) is 5.78 Å². The molecule has 29 heavy (non-hydrogen) atoms. The van der Waals surface area contributed by atoms with Crippen LogP contribution in [0.5, 0.6) is 0 Å². The van der Waals surface area contributed by atoms with Crippen molar-refractivity contribution >= 4 is 11.8 Å². The first-order valence-corrected chi connectivity index (χ1v) is 11.3. The highest BCUT2D eigenvalue weighted by Gasteiger charge is 2.30. The molecule has 4 N–H and O–H groups in total. The van der Waals surface area contributed by atoms with Crippen molar-refractivity contribution < 1.29 is 34.8 Å². The Morgan fingerprint density at radius 1 is 0.759 bits per heavy atom. The van der Waals surface area contributed by atoms with Gasteiger partial charge in [-0.3, -0.25) is 9.59 Å². The second-order valence-corrected chi connectivity index (χ2v) is 7.80. The largest absolute Gasteiger partial charge is 0.458 e. The van der Waals surface area contributed by atoms with Gasteiger partial charge in [0, 0.05) is 6.42 Å². The number of rotatable bonds is 20. The molecule has 0 aliphatic rings. The van der Waals surface area contributed by atoms with Crippen molar-refractivity contribution in [1.82, 2.24) is 0 Å². The van der Waals surface area contributed by atoms with Crippen LogP contribution in [0, 0.1) is 0 Å². The molecule has 172 valence electrons. The lowest BCUT2D eigenvalue weighted by Crippen LogP contribution is -2.45. The van der Waals surface area contributed by atoms with Crippen LogP contribution in [0.25, 0.3) is 0 Å². The number of Topliss-reactive ketones (excluding diaryl/α,β-unsaturated/α-hetero) is 1. The number of aliphatic hydroxyl groups is 4. The third-order valence-electron chi connectivity index (χ3n) is 5.09. The summed E-state index contributed by atoms with van der Waals surface area (Å²) in [7, 11) is 0. The fourth-order valence-electron chi connectivity index (χ4n) is 3.11. The molecule has 0 aromatic heterocycles. The molecule has 0 radical (unpaired) electrons. The van der Waals surface area contributed by atoms with E-state index in [0.717, 1.165) is 12.8 Å². The average Bonchev–Trinajstić information content (AvgIpc) is 2.73. The summed E-state index contributed by atoms with van der Waals surface area (Å²) >= 11 is 0. The second-order valence-electron chi connectivity index (χ2n) is 7.80. The van der Waals surface area contributed by atoms with Crippen LogP contribution in [-0.4, -0.2) is 63.7 Å². The van der Waals surface area contributed by atoms with Crippen molar-refractivity contribution in [1.29, 1.82) is 0 Å². The van der Waals surface area contributed by atoms with Gasteiger partial charge in [0.15, 0.2) is 6.61 Å². The van der Waals surface area contributed by atoms with Gasteiger partial charge in [-0.15, -0.1) is 0 Å². The summed E-state index contributed by atoms with van der Waals surface area (Å²) in [6, 6.07) is 0. The van der Waals surface area contributed by atoms with E-state index in [-0.39, 0.29) is 6.42 Å². The van der Waals surface area contributed by atoms with Crippen LogP contribution in [0.3, 0.4) is 0 Å². The number of hydrogen-bond donors (Lipinski definition) is 4. The highest BCUT2D eigenvalue weighted by Crippen LogP contribution is 2.13. The number of ether oxygens (including phenoxy) is 1. The molecule has 0 saturated carbocycles. The lowest BCUT2D eigenvalue weighted by molar-refractivity contribution is -0.155. The normalized spacial score (nSPS) is 14.4. The summed E-state index contributed by atoms with van der Waals surface area (Å²) in [6.07, 6.45) is 10.6. The topological polar surface area (TPSA) is 124 Å². The van der Waals surface area contributed by atoms with E-state index in [1.54, 1.807) is 0 Å². The van der Waals surface area contributed by atoms with Crippen molar-refractivity contribution in [3.05, 3.63) is 0 Å². The SMILES string of the molecule is CCCCCCCCCCCCCCCC(=O)OCC(=O)[C@H](O)[C@@H](O)[C@H](O)CO. The minimum absolute atomic E-state index is 0.211. The van der Waals surface area contributed by atoms with Gasteiger partial charge in [0.05, 0.1) is 6.61 Å². The Hall–Kier alpha value is -1.02. The van der Waals surface area contributed by atoms with E-state index in [0.29, 0.717) is 6.42 Å². The summed E-state index contributed by atoms with van der Waals surface area (Å²) in [5.41, 5.74) is 0. The average molecular weight is 419 g/mol. The highest BCUT2D eigenvalue weighted by molar-refractivity contribution is 5.86. The van der Waals surface area contributed by atoms with Gasteiger partial charge in [-0.05, 0) is 6.42 Å². The maximum atomic E-state index is 11.6. The molecule has 0 saturated heterocycles. The molecule has 0 unspecified atom stereocenters. The van der Waals surface area contributed by atoms with Crippen molar-refractivity contribution in [2.45, 2.75) is 115 Å². The molecular formula is C22H42O7. The molecule has 0 rings (SSSR count). The highest BCUT2D eigenvalue weighted by atomic mass is 16.5. The molecule has 0 aliphatic carbocycles. The van der Waals surface area contributed by atoms with Crippen molar-refractivity contribution in [3.8, 4) is 0 Å². The Labute approximate surface area is 175 Å². The number of carbonyl (C=O) groups is 2. The third-order valence-corrected chi connectivity index (χ3v) is 5.09. The number of esters is 1. The van der Waals surface area contributed by atoms with Gasteiger partial charge in [0.25, 0.3) is 0 Å². The summed E-state index contributed by atoms with van der Waals surface area (Å²) < 4.78 is 4.79. The number of hydrogen-bond acceptors (Lipinski definition) is 7. The van der Waals surface area contributed by atoms with Crippen molar-refractivity contribution in [2.24, 2.45) is 0 Å². The van der Waals surface area contributed by atoms with E-state index in [4.69, 9.17) is 9.84 Å². The number of aliphatic hydroxyl groups excluding tert-OH is 4. The molecule has 0 fully saturated rings. The second kappa shape index (κ2) is 19.0. The maximum Gasteiger partial charge on any atom is 0.306 e. The first-order chi connectivity index (χ1) is 13.9. The molecule has 0 heterocycles. The van der Waals surface area contributed by atoms with Crippen LogP contribution in [0.1, 0.15) is 96.8 Å². The summed E-state index contributed by atoms with van der Waals surface area (Å²) in [5.74, 6) is -1.44. The van der Waals surface area contributed by atoms with Crippen LogP contribution in [0.2, 0.25) is 0 Å². The van der Waals surface area contributed by atoms with Gasteiger partial charge >= 0.3 is 5.97 Å². The summed E-state index contributed by atoms with van der Waals surface area (Å²) in [6.45, 7) is 0.786. The standard InChI is InChI=1S/C22H42O7/c1-2-3-4-5-6-7-8-9-10-11-12-13-14-15-20(26)29-17-19(25)22(28)21(27)18(24)16-23/h18,21-24,27-28H,2-17H2,1H3/t18-,21+,22+/m1/s1. The predicted molar refractivity (Wildman–Crippen MR) is 111 cm³/mol. The lowest BCUT2D eigenvalue weighted by Gasteiger charge is -2.20. The minimum Gasteiger partial charge on any atom is -0.458 e. The molecule has 0 spiro atoms. The van der Waals surface area contributed by atoms with E-state index in [2.05, 4.69) is 6.92 Å². The Kier molecular flexibility index (Phi) is 18.3. The van der Waals surface area contributed by atoms with Crippen LogP contribution in [0.4, 0.5) is 0 Å². The molecule has 7 heteroatoms. The molecule has 7 nitrogen and oxygen atoms in total. The monoisotopic (exact) mass is 418 g/mol. The number of carbonyl (C=O) groups excluding carboxylic acids is 2. The quantitative estimate of drug-likeness (QED) is 0.177. The zero-order chi connectivity index (χ0) is 21.9. The van der Waals surface area contributed by atoms with E-state index in [1.165, 1.54) is 64.2 Å². The Balaban J connectivity index is 3.53. The fraction of sp³-hybridized carbons (Fsp3) is 0.909. The first kappa shape index (κ1) is 28.0. The van der Waals surface area contributed by atoms with Gasteiger partial charge in [0.1, 0.15) is 18.3 Å². The van der Waals surface area contributed by atoms with Gasteiger partial charge in [-0.2, -0.15) is 0 Å². The molecule has 0 amide bonds. The van der Waals surface area contributed by atoms with E-state index in [1.807, 2.05) is 0 Å². The summed E-state index contributed by atoms with van der Waals surface area (Å²) in [4.78, 5) is 23.2. The molecule has 0 aromatic carbocycles. The first-order valence-electron chi connectivity index (χ1n) is 11.3. The molecule has 0 bridgehead atoms. The molecule has 0 aliphatic heterocycles. The van der Waals surface area contributed by atoms with E-state index in [9.17, 15) is 24.9 Å². The smallest absolute Gasteiger partial charge is 0.306 e. The van der Waals surface area contributed by atoms with E-state index >= 15 is 0 Å². The van der Waals surface area contributed by atoms with Gasteiger partial charge < -0.3 is 25.2 Å². The minimum atomic E-state index is -1.90. The van der Waals surface area contributed by atoms with Crippen molar-refractivity contribution in [2.75, 3.05) is 13.2 Å². The third kappa shape index (κ3) is 15.5. The number of ketones is 1. The maximum absolute atomic E-state index is 11.6. The predicted octanol–water partition coefficient (Wildman–Crippen LogP) is 2.66. The Bertz CT molecular complexity index is 414. The van der Waals surface area contributed by atoms with Crippen molar-refractivity contribution in [3.63, 3.8) is 0 Å². The Morgan fingerprint density at radius 3 is 1.66 bits per heavy atom. The van der Waals surface area contributed by atoms with Gasteiger partial charge in [-0.25, -0.2) is 0 Å². The Morgan fingerprint density at radius 2 is 1.21 bits per heavy atom. The molecule has 0 aromatic rings.